The van der Waals surface area contributed by atoms with Crippen LogP contribution in [0.5, 0.6) is 0 Å². The molecule has 0 spiro atoms. The summed E-state index contributed by atoms with van der Waals surface area (Å²) in [6.07, 6.45) is 1.99. The largest absolute Gasteiger partial charge is 0.240 e. The lowest BCUT2D eigenvalue weighted by Crippen LogP contribution is -2.36. The standard InChI is InChI=1S/C19H14Cl2N4.C7H8.C2H6/c1-12-11-25-18(23-22-12)10-16(13-6-8-14(20)9-7-13)19(24-25)15-4-2-3-5-17(15)21;1-7-5-3-2-4-6-7;1-2/h2-10H,11H2,1H3;2-6H,1H3;1-2H3. The lowest BCUT2D eigenvalue weighted by atomic mass is 9.94. The first kappa shape index (κ1) is 25.4. The quantitative estimate of drug-likeness (QED) is 0.359. The van der Waals surface area contributed by atoms with Gasteiger partial charge in [-0.3, -0.25) is 0 Å². The van der Waals surface area contributed by atoms with Crippen molar-refractivity contribution in [2.24, 2.45) is 15.3 Å². The van der Waals surface area contributed by atoms with Crippen LogP contribution in [0.2, 0.25) is 10.0 Å². The summed E-state index contributed by atoms with van der Waals surface area (Å²) in [6.45, 7) is 8.63. The molecular weight excluding hydrogens is 463 g/mol. The van der Waals surface area contributed by atoms with Gasteiger partial charge in [-0.2, -0.15) is 10.2 Å². The van der Waals surface area contributed by atoms with E-state index in [4.69, 9.17) is 28.3 Å². The van der Waals surface area contributed by atoms with Gasteiger partial charge in [-0.15, -0.1) is 5.10 Å². The molecule has 0 saturated carbocycles. The maximum absolute atomic E-state index is 6.44. The van der Waals surface area contributed by atoms with E-state index in [0.717, 1.165) is 28.1 Å². The van der Waals surface area contributed by atoms with Crippen molar-refractivity contribution in [2.75, 3.05) is 6.54 Å². The number of hydrazone groups is 1. The molecule has 2 aliphatic heterocycles. The summed E-state index contributed by atoms with van der Waals surface area (Å²) in [5.74, 6) is 0.714. The lowest BCUT2D eigenvalue weighted by Gasteiger charge is -2.28. The smallest absolute Gasteiger partial charge is 0.172 e. The van der Waals surface area contributed by atoms with Gasteiger partial charge in [0.2, 0.25) is 0 Å². The third-order valence-electron chi connectivity index (χ3n) is 4.94. The third kappa shape index (κ3) is 6.43. The van der Waals surface area contributed by atoms with Crippen LogP contribution in [0.1, 0.15) is 37.5 Å². The fourth-order valence-electron chi connectivity index (χ4n) is 3.32. The second kappa shape index (κ2) is 12.3. The highest BCUT2D eigenvalue weighted by Crippen LogP contribution is 2.30. The average Bonchev–Trinajstić information content (AvgIpc) is 2.86. The van der Waals surface area contributed by atoms with Crippen molar-refractivity contribution < 1.29 is 0 Å². The van der Waals surface area contributed by atoms with Crippen molar-refractivity contribution in [2.45, 2.75) is 27.7 Å². The summed E-state index contributed by atoms with van der Waals surface area (Å²) in [5, 5.41) is 16.4. The molecule has 0 N–H and O–H groups in total. The molecule has 0 aromatic heterocycles. The third-order valence-corrected chi connectivity index (χ3v) is 5.52. The maximum Gasteiger partial charge on any atom is 0.172 e. The first-order chi connectivity index (χ1) is 16.5. The van der Waals surface area contributed by atoms with E-state index in [1.807, 2.05) is 98.6 Å². The predicted molar refractivity (Wildman–Crippen MR) is 147 cm³/mol. The monoisotopic (exact) mass is 490 g/mol. The summed E-state index contributed by atoms with van der Waals surface area (Å²) in [4.78, 5) is 0. The summed E-state index contributed by atoms with van der Waals surface area (Å²) in [6, 6.07) is 25.6. The molecule has 2 aliphatic rings. The molecule has 0 aliphatic carbocycles. The van der Waals surface area contributed by atoms with Crippen LogP contribution >= 0.6 is 23.2 Å². The Kier molecular flexibility index (Phi) is 9.20. The van der Waals surface area contributed by atoms with Crippen LogP contribution in [0, 0.1) is 6.92 Å². The Morgan fingerprint density at radius 3 is 2.03 bits per heavy atom. The van der Waals surface area contributed by atoms with Crippen LogP contribution in [0.15, 0.2) is 100 Å². The Balaban J connectivity index is 0.000000306. The zero-order chi connectivity index (χ0) is 24.5. The first-order valence-corrected chi connectivity index (χ1v) is 12.0. The number of amidine groups is 1. The summed E-state index contributed by atoms with van der Waals surface area (Å²) in [7, 11) is 0. The molecule has 4 nitrogen and oxygen atoms in total. The zero-order valence-corrected chi connectivity index (χ0v) is 21.3. The van der Waals surface area contributed by atoms with Gasteiger partial charge in [-0.1, -0.05) is 103 Å². The molecule has 0 unspecified atom stereocenters. The topological polar surface area (TPSA) is 40.3 Å². The second-order valence-corrected chi connectivity index (χ2v) is 8.34. The van der Waals surface area contributed by atoms with Crippen molar-refractivity contribution in [3.63, 3.8) is 0 Å². The van der Waals surface area contributed by atoms with Gasteiger partial charge in [-0.05, 0) is 43.7 Å². The number of hydrogen-bond donors (Lipinski definition) is 0. The number of aryl methyl sites for hydroxylation is 1. The number of hydrogen-bond acceptors (Lipinski definition) is 4. The highest BCUT2D eigenvalue weighted by molar-refractivity contribution is 6.42. The molecule has 0 saturated heterocycles. The van der Waals surface area contributed by atoms with Gasteiger partial charge >= 0.3 is 0 Å². The van der Waals surface area contributed by atoms with E-state index in [1.54, 1.807) is 0 Å². The minimum absolute atomic E-state index is 0.608. The normalized spacial score (nSPS) is 14.1. The molecule has 174 valence electrons. The van der Waals surface area contributed by atoms with E-state index in [0.29, 0.717) is 22.4 Å². The number of fused-ring (bicyclic) bond motifs is 1. The van der Waals surface area contributed by atoms with Crippen molar-refractivity contribution in [1.82, 2.24) is 5.01 Å². The van der Waals surface area contributed by atoms with Gasteiger partial charge in [0, 0.05) is 16.2 Å². The van der Waals surface area contributed by atoms with Gasteiger partial charge < -0.3 is 0 Å². The highest BCUT2D eigenvalue weighted by Gasteiger charge is 2.26. The molecule has 0 fully saturated rings. The number of halogens is 2. The molecule has 3 aromatic rings. The summed E-state index contributed by atoms with van der Waals surface area (Å²) >= 11 is 12.5. The van der Waals surface area contributed by atoms with Crippen LogP contribution in [0.4, 0.5) is 0 Å². The van der Waals surface area contributed by atoms with Crippen molar-refractivity contribution in [1.29, 1.82) is 0 Å². The van der Waals surface area contributed by atoms with Crippen LogP contribution in [-0.2, 0) is 0 Å². The second-order valence-electron chi connectivity index (χ2n) is 7.50. The average molecular weight is 491 g/mol. The van der Waals surface area contributed by atoms with Gasteiger partial charge in [0.15, 0.2) is 5.84 Å². The molecule has 2 heterocycles. The molecule has 0 radical (unpaired) electrons. The maximum atomic E-state index is 6.44. The van der Waals surface area contributed by atoms with E-state index in [9.17, 15) is 0 Å². The van der Waals surface area contributed by atoms with Crippen molar-refractivity contribution >= 4 is 46.0 Å². The molecular formula is C28H28Cl2N4. The number of rotatable bonds is 2. The van der Waals surface area contributed by atoms with Crippen molar-refractivity contribution in [3.8, 4) is 0 Å². The van der Waals surface area contributed by atoms with Gasteiger partial charge in [0.1, 0.15) is 5.71 Å². The zero-order valence-electron chi connectivity index (χ0n) is 19.8. The fraction of sp³-hybridized carbons (Fsp3) is 0.179. The van der Waals surface area contributed by atoms with Crippen LogP contribution in [0.3, 0.4) is 0 Å². The van der Waals surface area contributed by atoms with E-state index in [-0.39, 0.29) is 0 Å². The number of allylic oxidation sites excluding steroid dienone is 1. The Morgan fingerprint density at radius 1 is 0.765 bits per heavy atom. The van der Waals surface area contributed by atoms with Gasteiger partial charge in [-0.25, -0.2) is 5.01 Å². The van der Waals surface area contributed by atoms with E-state index >= 15 is 0 Å². The highest BCUT2D eigenvalue weighted by atomic mass is 35.5. The summed E-state index contributed by atoms with van der Waals surface area (Å²) in [5.41, 5.74) is 5.86. The molecule has 34 heavy (non-hydrogen) atoms. The van der Waals surface area contributed by atoms with Gasteiger partial charge in [0.05, 0.1) is 17.3 Å². The summed E-state index contributed by atoms with van der Waals surface area (Å²) < 4.78 is 0. The minimum atomic E-state index is 0.608. The number of benzene rings is 3. The molecule has 6 heteroatoms. The Morgan fingerprint density at radius 2 is 1.41 bits per heavy atom. The minimum Gasteiger partial charge on any atom is -0.240 e. The predicted octanol–water partition coefficient (Wildman–Crippen LogP) is 7.91. The first-order valence-electron chi connectivity index (χ1n) is 11.2. The van der Waals surface area contributed by atoms with E-state index in [2.05, 4.69) is 29.3 Å². The Bertz CT molecular complexity index is 1230. The molecule has 0 amide bonds. The number of nitrogens with zero attached hydrogens (tertiary/aromatic N) is 4. The van der Waals surface area contributed by atoms with Gasteiger partial charge in [0.25, 0.3) is 0 Å². The van der Waals surface area contributed by atoms with Crippen LogP contribution < -0.4 is 0 Å². The Labute approximate surface area is 211 Å². The SMILES string of the molecule is CC.CC1=NN=C2C=C(c3ccc(Cl)cc3)C(c3ccccc3Cl)=NN2C1.Cc1ccccc1. The van der Waals surface area contributed by atoms with Crippen molar-refractivity contribution in [3.05, 3.63) is 112 Å². The fourth-order valence-corrected chi connectivity index (χ4v) is 3.67. The van der Waals surface area contributed by atoms with Crippen LogP contribution in [-0.4, -0.2) is 28.8 Å². The molecule has 3 aromatic carbocycles. The van der Waals surface area contributed by atoms with Crippen LogP contribution in [0.25, 0.3) is 5.57 Å². The molecule has 5 rings (SSSR count). The molecule has 0 atom stereocenters. The molecule has 0 bridgehead atoms. The lowest BCUT2D eigenvalue weighted by molar-refractivity contribution is 0.498. The van der Waals surface area contributed by atoms with E-state index in [1.165, 1.54) is 5.56 Å². The Hall–Kier alpha value is -3.21. The van der Waals surface area contributed by atoms with E-state index < -0.39 is 0 Å².